The van der Waals surface area contributed by atoms with Crippen molar-refractivity contribution in [1.29, 1.82) is 0 Å². The molecule has 0 atom stereocenters. The number of carbonyl (C=O) groups is 1. The quantitative estimate of drug-likeness (QED) is 0.831. The molecule has 0 aromatic carbocycles. The van der Waals surface area contributed by atoms with E-state index in [9.17, 15) is 4.79 Å². The maximum atomic E-state index is 10.8. The van der Waals surface area contributed by atoms with Gasteiger partial charge in [0.2, 0.25) is 0 Å². The Morgan fingerprint density at radius 2 is 2.19 bits per heavy atom. The largest absolute Gasteiger partial charge is 0.481 e. The molecule has 0 amide bonds. The first-order valence-corrected chi connectivity index (χ1v) is 7.78. The van der Waals surface area contributed by atoms with Crippen LogP contribution in [0.3, 0.4) is 0 Å². The Bertz CT molecular complexity index is 638. The number of pyridine rings is 1. The van der Waals surface area contributed by atoms with Crippen LogP contribution in [-0.2, 0) is 11.3 Å². The topological polar surface area (TPSA) is 68.0 Å². The molecule has 0 saturated carbocycles. The van der Waals surface area contributed by atoms with Crippen molar-refractivity contribution in [3.63, 3.8) is 0 Å². The van der Waals surface area contributed by atoms with Gasteiger partial charge in [0.05, 0.1) is 18.0 Å². The van der Waals surface area contributed by atoms with Crippen LogP contribution in [0.15, 0.2) is 29.7 Å². The molecule has 0 spiro atoms. The van der Waals surface area contributed by atoms with Gasteiger partial charge in [0.25, 0.3) is 0 Å². The van der Waals surface area contributed by atoms with E-state index in [1.807, 2.05) is 25.3 Å². The molecule has 0 radical (unpaired) electrons. The molecule has 21 heavy (non-hydrogen) atoms. The third-order valence-electron chi connectivity index (χ3n) is 3.19. The zero-order valence-corrected chi connectivity index (χ0v) is 13.2. The van der Waals surface area contributed by atoms with Crippen LogP contribution in [0.1, 0.15) is 36.7 Å². The van der Waals surface area contributed by atoms with Gasteiger partial charge in [-0.25, -0.2) is 4.98 Å². The summed E-state index contributed by atoms with van der Waals surface area (Å²) in [6.45, 7) is 6.84. The highest BCUT2D eigenvalue weighted by molar-refractivity contribution is 7.99. The van der Waals surface area contributed by atoms with Gasteiger partial charge in [0, 0.05) is 18.1 Å². The van der Waals surface area contributed by atoms with Crippen LogP contribution in [0.2, 0.25) is 0 Å². The second kappa shape index (κ2) is 6.76. The van der Waals surface area contributed by atoms with Crippen LogP contribution in [0, 0.1) is 6.92 Å². The lowest BCUT2D eigenvalue weighted by Gasteiger charge is -2.14. The summed E-state index contributed by atoms with van der Waals surface area (Å²) in [5, 5.41) is 9.57. The van der Waals surface area contributed by atoms with E-state index >= 15 is 0 Å². The van der Waals surface area contributed by atoms with Crippen LogP contribution >= 0.6 is 11.8 Å². The Balaban J connectivity index is 2.32. The van der Waals surface area contributed by atoms with Crippen LogP contribution < -0.4 is 0 Å². The molecule has 2 aromatic rings. The van der Waals surface area contributed by atoms with Gasteiger partial charge in [-0.15, -0.1) is 0 Å². The smallest absolute Gasteiger partial charge is 0.313 e. The molecule has 0 aliphatic rings. The summed E-state index contributed by atoms with van der Waals surface area (Å²) >= 11 is 1.24. The molecule has 0 bridgehead atoms. The van der Waals surface area contributed by atoms with E-state index in [4.69, 9.17) is 5.11 Å². The molecule has 0 aliphatic carbocycles. The SMILES string of the molecule is Cc1cccnc1Cn1c(C(C)C)cnc1SCC(=O)O. The summed E-state index contributed by atoms with van der Waals surface area (Å²) in [6.07, 6.45) is 3.60. The number of carboxylic acid groups (broad SMARTS) is 1. The van der Waals surface area contributed by atoms with E-state index in [0.717, 1.165) is 22.1 Å². The molecule has 2 rings (SSSR count). The summed E-state index contributed by atoms with van der Waals surface area (Å²) in [5.74, 6) is -0.509. The summed E-state index contributed by atoms with van der Waals surface area (Å²) in [4.78, 5) is 19.6. The Hall–Kier alpha value is -1.82. The number of rotatable bonds is 6. The minimum atomic E-state index is -0.838. The van der Waals surface area contributed by atoms with Crippen LogP contribution in [0.4, 0.5) is 0 Å². The highest BCUT2D eigenvalue weighted by Crippen LogP contribution is 2.24. The second-order valence-electron chi connectivity index (χ2n) is 5.16. The molecule has 0 saturated heterocycles. The van der Waals surface area contributed by atoms with E-state index in [-0.39, 0.29) is 5.75 Å². The number of aromatic nitrogens is 3. The first-order valence-electron chi connectivity index (χ1n) is 6.79. The Kier molecular flexibility index (Phi) is 5.01. The molecule has 2 aromatic heterocycles. The molecule has 0 aliphatic heterocycles. The van der Waals surface area contributed by atoms with Crippen molar-refractivity contribution in [3.05, 3.63) is 41.5 Å². The Labute approximate surface area is 128 Å². The number of carboxylic acids is 1. The second-order valence-corrected chi connectivity index (χ2v) is 6.10. The Morgan fingerprint density at radius 3 is 2.81 bits per heavy atom. The van der Waals surface area contributed by atoms with Crippen molar-refractivity contribution in [2.24, 2.45) is 0 Å². The van der Waals surface area contributed by atoms with Crippen molar-refractivity contribution >= 4 is 17.7 Å². The average molecular weight is 305 g/mol. The first kappa shape index (κ1) is 15.6. The maximum Gasteiger partial charge on any atom is 0.313 e. The number of nitrogens with zero attached hydrogens (tertiary/aromatic N) is 3. The predicted octanol–water partition coefficient (Wildman–Crippen LogP) is 2.93. The summed E-state index contributed by atoms with van der Waals surface area (Å²) in [7, 11) is 0. The van der Waals surface area contributed by atoms with Gasteiger partial charge in [-0.05, 0) is 24.5 Å². The number of hydrogen-bond acceptors (Lipinski definition) is 4. The zero-order valence-electron chi connectivity index (χ0n) is 12.4. The molecule has 5 nitrogen and oxygen atoms in total. The molecule has 6 heteroatoms. The van der Waals surface area contributed by atoms with Gasteiger partial charge < -0.3 is 9.67 Å². The van der Waals surface area contributed by atoms with Crippen LogP contribution in [0.5, 0.6) is 0 Å². The van der Waals surface area contributed by atoms with Crippen molar-refractivity contribution in [1.82, 2.24) is 14.5 Å². The van der Waals surface area contributed by atoms with E-state index < -0.39 is 5.97 Å². The van der Waals surface area contributed by atoms with Gasteiger partial charge in [0.15, 0.2) is 5.16 Å². The van der Waals surface area contributed by atoms with Crippen molar-refractivity contribution < 1.29 is 9.90 Å². The minimum Gasteiger partial charge on any atom is -0.481 e. The number of aliphatic carboxylic acids is 1. The van der Waals surface area contributed by atoms with Crippen molar-refractivity contribution in [3.8, 4) is 0 Å². The van der Waals surface area contributed by atoms with Crippen molar-refractivity contribution in [2.45, 2.75) is 38.4 Å². The summed E-state index contributed by atoms with van der Waals surface area (Å²) in [6, 6.07) is 3.94. The maximum absolute atomic E-state index is 10.8. The number of imidazole rings is 1. The monoisotopic (exact) mass is 305 g/mol. The van der Waals surface area contributed by atoms with E-state index in [0.29, 0.717) is 12.5 Å². The minimum absolute atomic E-state index is 0.00967. The fourth-order valence-corrected chi connectivity index (χ4v) is 2.77. The van der Waals surface area contributed by atoms with Gasteiger partial charge in [-0.1, -0.05) is 31.7 Å². The highest BCUT2D eigenvalue weighted by Gasteiger charge is 2.15. The third-order valence-corrected chi connectivity index (χ3v) is 4.17. The highest BCUT2D eigenvalue weighted by atomic mass is 32.2. The number of hydrogen-bond donors (Lipinski definition) is 1. The fraction of sp³-hybridized carbons (Fsp3) is 0.400. The standard InChI is InChI=1S/C15H19N3O2S/c1-10(2)13-7-17-15(21-9-14(19)20)18(13)8-12-11(3)5-4-6-16-12/h4-7,10H,8-9H2,1-3H3,(H,19,20). The van der Waals surface area contributed by atoms with Gasteiger partial charge in [-0.2, -0.15) is 0 Å². The Morgan fingerprint density at radius 1 is 1.43 bits per heavy atom. The fourth-order valence-electron chi connectivity index (χ4n) is 2.07. The average Bonchev–Trinajstić information content (AvgIpc) is 2.82. The normalized spacial score (nSPS) is 11.0. The number of thioether (sulfide) groups is 1. The molecular formula is C15H19N3O2S. The number of aryl methyl sites for hydroxylation is 1. The van der Waals surface area contributed by atoms with Crippen LogP contribution in [-0.4, -0.2) is 31.4 Å². The van der Waals surface area contributed by atoms with Crippen molar-refractivity contribution in [2.75, 3.05) is 5.75 Å². The molecule has 0 unspecified atom stereocenters. The molecule has 1 N–H and O–H groups in total. The van der Waals surface area contributed by atoms with E-state index in [1.165, 1.54) is 11.8 Å². The summed E-state index contributed by atoms with van der Waals surface area (Å²) < 4.78 is 2.06. The lowest BCUT2D eigenvalue weighted by Crippen LogP contribution is -2.10. The van der Waals surface area contributed by atoms with E-state index in [1.54, 1.807) is 6.20 Å². The third kappa shape index (κ3) is 3.85. The van der Waals surface area contributed by atoms with E-state index in [2.05, 4.69) is 28.4 Å². The van der Waals surface area contributed by atoms with Gasteiger partial charge in [0.1, 0.15) is 0 Å². The molecule has 0 fully saturated rings. The van der Waals surface area contributed by atoms with Gasteiger partial charge in [-0.3, -0.25) is 9.78 Å². The zero-order chi connectivity index (χ0) is 15.4. The predicted molar refractivity (Wildman–Crippen MR) is 82.8 cm³/mol. The van der Waals surface area contributed by atoms with Gasteiger partial charge >= 0.3 is 5.97 Å². The molecule has 112 valence electrons. The first-order chi connectivity index (χ1) is 9.99. The summed E-state index contributed by atoms with van der Waals surface area (Å²) in [5.41, 5.74) is 3.19. The van der Waals surface area contributed by atoms with Crippen LogP contribution in [0.25, 0.3) is 0 Å². The lowest BCUT2D eigenvalue weighted by molar-refractivity contribution is -0.133. The lowest BCUT2D eigenvalue weighted by atomic mass is 10.1. The molecule has 2 heterocycles. The molecular weight excluding hydrogens is 286 g/mol.